The summed E-state index contributed by atoms with van der Waals surface area (Å²) in [6.07, 6.45) is 2.75. The lowest BCUT2D eigenvalue weighted by Gasteiger charge is -2.21. The van der Waals surface area contributed by atoms with Gasteiger partial charge in [-0.3, -0.25) is 9.79 Å². The van der Waals surface area contributed by atoms with Gasteiger partial charge in [0, 0.05) is 19.1 Å². The van der Waals surface area contributed by atoms with Crippen molar-refractivity contribution in [3.05, 3.63) is 0 Å². The fraction of sp³-hybridized carbons (Fsp3) is 0.800. The molecule has 2 rings (SSSR count). The van der Waals surface area contributed by atoms with Crippen LogP contribution in [-0.4, -0.2) is 31.0 Å². The zero-order valence-electron chi connectivity index (χ0n) is 8.45. The van der Waals surface area contributed by atoms with Crippen LogP contribution in [0.4, 0.5) is 0 Å². The molecule has 1 N–H and O–H groups in total. The molecule has 2 heterocycles. The number of amidine groups is 1. The quantitative estimate of drug-likeness (QED) is 0.707. The molecule has 0 aromatic heterocycles. The van der Waals surface area contributed by atoms with E-state index in [1.165, 1.54) is 0 Å². The summed E-state index contributed by atoms with van der Waals surface area (Å²) >= 11 is 0. The molecular weight excluding hydrogens is 180 g/mol. The number of aliphatic imine (C=N–C) groups is 1. The second kappa shape index (κ2) is 4.09. The molecule has 0 radical (unpaired) electrons. The first-order chi connectivity index (χ1) is 6.81. The van der Waals surface area contributed by atoms with Gasteiger partial charge in [0.2, 0.25) is 5.91 Å². The Kier molecular flexibility index (Phi) is 2.82. The first-order valence-corrected chi connectivity index (χ1v) is 5.27. The van der Waals surface area contributed by atoms with Crippen LogP contribution in [0.3, 0.4) is 0 Å². The predicted octanol–water partition coefficient (Wildman–Crippen LogP) is 0.720. The summed E-state index contributed by atoms with van der Waals surface area (Å²) in [5, 5.41) is 2.88. The van der Waals surface area contributed by atoms with Crippen LogP contribution in [0.15, 0.2) is 4.99 Å². The van der Waals surface area contributed by atoms with Gasteiger partial charge < -0.3 is 10.1 Å². The Morgan fingerprint density at radius 3 is 2.79 bits per heavy atom. The van der Waals surface area contributed by atoms with Gasteiger partial charge in [-0.1, -0.05) is 6.92 Å². The van der Waals surface area contributed by atoms with Crippen LogP contribution in [0.1, 0.15) is 26.2 Å². The fourth-order valence-electron chi connectivity index (χ4n) is 1.92. The molecule has 4 heteroatoms. The number of hydrogen-bond acceptors (Lipinski definition) is 3. The highest BCUT2D eigenvalue weighted by atomic mass is 16.5. The Hall–Kier alpha value is -0.900. The lowest BCUT2D eigenvalue weighted by molar-refractivity contribution is -0.120. The van der Waals surface area contributed by atoms with E-state index >= 15 is 0 Å². The van der Waals surface area contributed by atoms with E-state index in [2.05, 4.69) is 10.3 Å². The van der Waals surface area contributed by atoms with Crippen molar-refractivity contribution in [2.75, 3.05) is 13.2 Å². The largest absolute Gasteiger partial charge is 0.381 e. The van der Waals surface area contributed by atoms with Crippen LogP contribution < -0.4 is 5.32 Å². The van der Waals surface area contributed by atoms with E-state index in [4.69, 9.17) is 4.74 Å². The normalized spacial score (nSPS) is 28.8. The van der Waals surface area contributed by atoms with Gasteiger partial charge in [0.05, 0.1) is 0 Å². The van der Waals surface area contributed by atoms with Gasteiger partial charge >= 0.3 is 0 Å². The SMILES string of the molecule is CCC1N=C(C2CCOCC2)NC1=O. The third-order valence-electron chi connectivity index (χ3n) is 2.84. The molecule has 0 aromatic carbocycles. The Bertz CT molecular complexity index is 257. The average Bonchev–Trinajstić information content (AvgIpc) is 2.61. The minimum Gasteiger partial charge on any atom is -0.381 e. The first kappa shape index (κ1) is 9.65. The molecule has 1 fully saturated rings. The van der Waals surface area contributed by atoms with Gasteiger partial charge in [-0.25, -0.2) is 0 Å². The van der Waals surface area contributed by atoms with Crippen LogP contribution in [0.2, 0.25) is 0 Å². The summed E-state index contributed by atoms with van der Waals surface area (Å²) in [7, 11) is 0. The molecule has 1 saturated heterocycles. The number of rotatable bonds is 2. The summed E-state index contributed by atoms with van der Waals surface area (Å²) in [5.41, 5.74) is 0. The number of amides is 1. The standard InChI is InChI=1S/C10H16N2O2/c1-2-8-10(13)12-9(11-8)7-3-5-14-6-4-7/h7-8H,2-6H2,1H3,(H,11,12,13). The zero-order chi connectivity index (χ0) is 9.97. The zero-order valence-corrected chi connectivity index (χ0v) is 8.45. The van der Waals surface area contributed by atoms with Crippen molar-refractivity contribution in [2.45, 2.75) is 32.2 Å². The van der Waals surface area contributed by atoms with Crippen LogP contribution in [0, 0.1) is 5.92 Å². The number of carbonyl (C=O) groups is 1. The van der Waals surface area contributed by atoms with Gasteiger partial charge in [-0.2, -0.15) is 0 Å². The van der Waals surface area contributed by atoms with Gasteiger partial charge in [0.1, 0.15) is 11.9 Å². The maximum atomic E-state index is 11.4. The summed E-state index contributed by atoms with van der Waals surface area (Å²) < 4.78 is 5.27. The molecule has 1 unspecified atom stereocenters. The lowest BCUT2D eigenvalue weighted by atomic mass is 9.99. The molecule has 4 nitrogen and oxygen atoms in total. The van der Waals surface area contributed by atoms with Crippen molar-refractivity contribution in [2.24, 2.45) is 10.9 Å². The second-order valence-corrected chi connectivity index (χ2v) is 3.81. The van der Waals surface area contributed by atoms with E-state index in [1.54, 1.807) is 0 Å². The number of nitrogens with one attached hydrogen (secondary N) is 1. The van der Waals surface area contributed by atoms with Crippen molar-refractivity contribution >= 4 is 11.7 Å². The smallest absolute Gasteiger partial charge is 0.250 e. The summed E-state index contributed by atoms with van der Waals surface area (Å²) in [5.74, 6) is 1.36. The molecule has 14 heavy (non-hydrogen) atoms. The number of ether oxygens (including phenoxy) is 1. The number of nitrogens with zero attached hydrogens (tertiary/aromatic N) is 1. The van der Waals surface area contributed by atoms with E-state index in [9.17, 15) is 4.79 Å². The second-order valence-electron chi connectivity index (χ2n) is 3.81. The third-order valence-corrected chi connectivity index (χ3v) is 2.84. The molecule has 78 valence electrons. The van der Waals surface area contributed by atoms with E-state index in [1.807, 2.05) is 6.92 Å². The average molecular weight is 196 g/mol. The fourth-order valence-corrected chi connectivity index (χ4v) is 1.92. The molecule has 0 aliphatic carbocycles. The van der Waals surface area contributed by atoms with Gasteiger partial charge in [0.15, 0.2) is 0 Å². The monoisotopic (exact) mass is 196 g/mol. The highest BCUT2D eigenvalue weighted by Gasteiger charge is 2.30. The van der Waals surface area contributed by atoms with E-state index in [0.29, 0.717) is 5.92 Å². The van der Waals surface area contributed by atoms with Crippen molar-refractivity contribution in [1.82, 2.24) is 5.32 Å². The Morgan fingerprint density at radius 1 is 1.50 bits per heavy atom. The van der Waals surface area contributed by atoms with Crippen LogP contribution in [0.25, 0.3) is 0 Å². The van der Waals surface area contributed by atoms with E-state index < -0.39 is 0 Å². The third kappa shape index (κ3) is 1.80. The van der Waals surface area contributed by atoms with Crippen molar-refractivity contribution in [1.29, 1.82) is 0 Å². The van der Waals surface area contributed by atoms with E-state index in [-0.39, 0.29) is 11.9 Å². The molecule has 2 aliphatic rings. The molecule has 0 bridgehead atoms. The predicted molar refractivity (Wildman–Crippen MR) is 53.2 cm³/mol. The minimum absolute atomic E-state index is 0.0639. The van der Waals surface area contributed by atoms with Crippen molar-refractivity contribution in [3.8, 4) is 0 Å². The summed E-state index contributed by atoms with van der Waals surface area (Å²) in [6.45, 7) is 3.56. The van der Waals surface area contributed by atoms with Crippen molar-refractivity contribution in [3.63, 3.8) is 0 Å². The van der Waals surface area contributed by atoms with E-state index in [0.717, 1.165) is 38.3 Å². The lowest BCUT2D eigenvalue weighted by Crippen LogP contribution is -2.35. The minimum atomic E-state index is -0.146. The molecule has 0 aromatic rings. The summed E-state index contributed by atoms with van der Waals surface area (Å²) in [6, 6.07) is -0.146. The topological polar surface area (TPSA) is 50.7 Å². The first-order valence-electron chi connectivity index (χ1n) is 5.27. The highest BCUT2D eigenvalue weighted by Crippen LogP contribution is 2.19. The van der Waals surface area contributed by atoms with Gasteiger partial charge in [-0.15, -0.1) is 0 Å². The van der Waals surface area contributed by atoms with Crippen molar-refractivity contribution < 1.29 is 9.53 Å². The maximum Gasteiger partial charge on any atom is 0.250 e. The Morgan fingerprint density at radius 2 is 2.21 bits per heavy atom. The maximum absolute atomic E-state index is 11.4. The van der Waals surface area contributed by atoms with Crippen LogP contribution in [-0.2, 0) is 9.53 Å². The molecule has 1 amide bonds. The molecular formula is C10H16N2O2. The number of carbonyl (C=O) groups excluding carboxylic acids is 1. The molecule has 0 saturated carbocycles. The van der Waals surface area contributed by atoms with Crippen LogP contribution >= 0.6 is 0 Å². The van der Waals surface area contributed by atoms with Crippen LogP contribution in [0.5, 0.6) is 0 Å². The number of hydrogen-bond donors (Lipinski definition) is 1. The molecule has 0 spiro atoms. The Labute approximate surface area is 83.7 Å². The highest BCUT2D eigenvalue weighted by molar-refractivity contribution is 6.06. The Balaban J connectivity index is 2.00. The molecule has 2 aliphatic heterocycles. The van der Waals surface area contributed by atoms with Gasteiger partial charge in [0.25, 0.3) is 0 Å². The van der Waals surface area contributed by atoms with Gasteiger partial charge in [-0.05, 0) is 19.3 Å². The summed E-state index contributed by atoms with van der Waals surface area (Å²) in [4.78, 5) is 15.8. The molecule has 1 atom stereocenters.